The normalized spacial score (nSPS) is 23.6. The van der Waals surface area contributed by atoms with Gasteiger partial charge in [0.1, 0.15) is 16.5 Å². The molecule has 0 aliphatic carbocycles. The molecule has 1 aliphatic heterocycles. The molecule has 1 saturated heterocycles. The molecule has 0 bridgehead atoms. The van der Waals surface area contributed by atoms with Crippen molar-refractivity contribution in [1.82, 2.24) is 14.9 Å². The number of nitrogens with zero attached hydrogens (tertiary/aromatic N) is 3. The van der Waals surface area contributed by atoms with Crippen molar-refractivity contribution in [2.24, 2.45) is 0 Å². The Labute approximate surface area is 130 Å². The highest BCUT2D eigenvalue weighted by Gasteiger charge is 2.25. The maximum absolute atomic E-state index is 4.77. The fraction of sp³-hybridized carbons (Fsp3) is 0.625. The summed E-state index contributed by atoms with van der Waals surface area (Å²) in [5.74, 6) is 1.93. The number of fused-ring (bicyclic) bond motifs is 1. The first-order chi connectivity index (χ1) is 10.2. The van der Waals surface area contributed by atoms with Crippen LogP contribution in [0.2, 0.25) is 0 Å². The van der Waals surface area contributed by atoms with Crippen molar-refractivity contribution in [3.63, 3.8) is 0 Å². The molecular formula is C16H24N4S. The molecule has 2 aromatic heterocycles. The van der Waals surface area contributed by atoms with Gasteiger partial charge in [0.25, 0.3) is 0 Å². The maximum atomic E-state index is 4.77. The number of aromatic nitrogens is 2. The highest BCUT2D eigenvalue weighted by Crippen LogP contribution is 2.27. The average molecular weight is 304 g/mol. The number of rotatable bonds is 4. The van der Waals surface area contributed by atoms with E-state index in [1.807, 2.05) is 0 Å². The third-order valence-corrected chi connectivity index (χ3v) is 5.22. The molecule has 2 atom stereocenters. The number of nitrogens with one attached hydrogen (secondary N) is 1. The van der Waals surface area contributed by atoms with Crippen LogP contribution >= 0.6 is 11.3 Å². The van der Waals surface area contributed by atoms with Crippen LogP contribution in [0.1, 0.15) is 45.9 Å². The SMILES string of the molecule is CCNc1nc(CN2[C@H](C)CCC[C@@H]2C)nc2sccc12. The molecule has 2 aromatic rings. The lowest BCUT2D eigenvalue weighted by molar-refractivity contribution is 0.0924. The Morgan fingerprint density at radius 2 is 2.05 bits per heavy atom. The molecule has 5 heteroatoms. The quantitative estimate of drug-likeness (QED) is 0.930. The van der Waals surface area contributed by atoms with Gasteiger partial charge in [-0.2, -0.15) is 0 Å². The van der Waals surface area contributed by atoms with Crippen LogP contribution in [0.15, 0.2) is 11.4 Å². The van der Waals surface area contributed by atoms with Gasteiger partial charge >= 0.3 is 0 Å². The Morgan fingerprint density at radius 1 is 1.29 bits per heavy atom. The van der Waals surface area contributed by atoms with Crippen molar-refractivity contribution in [3.8, 4) is 0 Å². The first-order valence-electron chi connectivity index (χ1n) is 7.92. The summed E-state index contributed by atoms with van der Waals surface area (Å²) in [4.78, 5) is 13.2. The van der Waals surface area contributed by atoms with Crippen LogP contribution in [-0.4, -0.2) is 33.5 Å². The summed E-state index contributed by atoms with van der Waals surface area (Å²) in [5.41, 5.74) is 0. The third-order valence-electron chi connectivity index (χ3n) is 4.42. The Morgan fingerprint density at radius 3 is 2.76 bits per heavy atom. The Kier molecular flexibility index (Phi) is 4.40. The molecule has 3 rings (SSSR count). The maximum Gasteiger partial charge on any atom is 0.146 e. The summed E-state index contributed by atoms with van der Waals surface area (Å²) >= 11 is 1.70. The second-order valence-corrected chi connectivity index (χ2v) is 6.85. The van der Waals surface area contributed by atoms with Crippen LogP contribution in [0.4, 0.5) is 5.82 Å². The van der Waals surface area contributed by atoms with Crippen LogP contribution in [0.3, 0.4) is 0 Å². The fourth-order valence-corrected chi connectivity index (χ4v) is 4.00. The predicted octanol–water partition coefficient (Wildman–Crippen LogP) is 3.89. The minimum atomic E-state index is 0.624. The molecule has 4 nitrogen and oxygen atoms in total. The molecule has 21 heavy (non-hydrogen) atoms. The monoisotopic (exact) mass is 304 g/mol. The van der Waals surface area contributed by atoms with Crippen LogP contribution in [0, 0.1) is 0 Å². The molecule has 1 aliphatic rings. The van der Waals surface area contributed by atoms with Crippen LogP contribution in [-0.2, 0) is 6.54 Å². The molecule has 3 heterocycles. The molecule has 0 saturated carbocycles. The van der Waals surface area contributed by atoms with E-state index < -0.39 is 0 Å². The minimum absolute atomic E-state index is 0.624. The zero-order valence-corrected chi connectivity index (χ0v) is 13.9. The summed E-state index contributed by atoms with van der Waals surface area (Å²) < 4.78 is 0. The van der Waals surface area contributed by atoms with Gasteiger partial charge in [-0.15, -0.1) is 11.3 Å². The standard InChI is InChI=1S/C16H24N4S/c1-4-17-15-13-8-9-21-16(13)19-14(18-15)10-20-11(2)6-5-7-12(20)3/h8-9,11-12H,4-7,10H2,1-3H3,(H,17,18,19)/t11-,12+. The van der Waals surface area contributed by atoms with E-state index in [4.69, 9.17) is 9.97 Å². The first kappa shape index (κ1) is 14.7. The van der Waals surface area contributed by atoms with E-state index in [0.717, 1.165) is 34.9 Å². The number of anilines is 1. The third kappa shape index (κ3) is 3.04. The Hall–Kier alpha value is -1.20. The molecule has 0 spiro atoms. The van der Waals surface area contributed by atoms with Crippen LogP contribution < -0.4 is 5.32 Å². The molecule has 1 N–H and O–H groups in total. The molecule has 0 radical (unpaired) electrons. The number of likely N-dealkylation sites (tertiary alicyclic amines) is 1. The molecule has 1 fully saturated rings. The van der Waals surface area contributed by atoms with Gasteiger partial charge in [0.2, 0.25) is 0 Å². The van der Waals surface area contributed by atoms with Crippen LogP contribution in [0.25, 0.3) is 10.2 Å². The van der Waals surface area contributed by atoms with E-state index in [9.17, 15) is 0 Å². The number of hydrogen-bond donors (Lipinski definition) is 1. The van der Waals surface area contributed by atoms with Crippen molar-refractivity contribution in [2.45, 2.75) is 58.7 Å². The summed E-state index contributed by atoms with van der Waals surface area (Å²) in [6.07, 6.45) is 3.91. The molecular weight excluding hydrogens is 280 g/mol. The largest absolute Gasteiger partial charge is 0.370 e. The van der Waals surface area contributed by atoms with Gasteiger partial charge in [0.05, 0.1) is 11.9 Å². The van der Waals surface area contributed by atoms with Crippen molar-refractivity contribution in [1.29, 1.82) is 0 Å². The predicted molar refractivity (Wildman–Crippen MR) is 89.9 cm³/mol. The zero-order chi connectivity index (χ0) is 14.8. The molecule has 114 valence electrons. The summed E-state index contributed by atoms with van der Waals surface area (Å²) in [5, 5.41) is 6.61. The van der Waals surface area contributed by atoms with Crippen molar-refractivity contribution < 1.29 is 0 Å². The average Bonchev–Trinajstić information content (AvgIpc) is 2.92. The summed E-state index contributed by atoms with van der Waals surface area (Å²) in [6, 6.07) is 3.35. The second kappa shape index (κ2) is 6.28. The van der Waals surface area contributed by atoms with Gasteiger partial charge in [0.15, 0.2) is 0 Å². The number of piperidine rings is 1. The van der Waals surface area contributed by atoms with Crippen molar-refractivity contribution in [3.05, 3.63) is 17.3 Å². The van der Waals surface area contributed by atoms with Gasteiger partial charge in [0, 0.05) is 18.6 Å². The smallest absolute Gasteiger partial charge is 0.146 e. The highest BCUT2D eigenvalue weighted by molar-refractivity contribution is 7.16. The van der Waals surface area contributed by atoms with Gasteiger partial charge < -0.3 is 5.32 Å². The van der Waals surface area contributed by atoms with E-state index in [2.05, 4.69) is 42.4 Å². The summed E-state index contributed by atoms with van der Waals surface area (Å²) in [7, 11) is 0. The lowest BCUT2D eigenvalue weighted by Gasteiger charge is -2.38. The van der Waals surface area contributed by atoms with E-state index >= 15 is 0 Å². The van der Waals surface area contributed by atoms with Crippen molar-refractivity contribution in [2.75, 3.05) is 11.9 Å². The van der Waals surface area contributed by atoms with E-state index in [1.165, 1.54) is 19.3 Å². The lowest BCUT2D eigenvalue weighted by Crippen LogP contribution is -2.43. The van der Waals surface area contributed by atoms with Gasteiger partial charge in [-0.3, -0.25) is 4.90 Å². The lowest BCUT2D eigenvalue weighted by atomic mass is 9.97. The zero-order valence-electron chi connectivity index (χ0n) is 13.1. The molecule has 0 aromatic carbocycles. The fourth-order valence-electron chi connectivity index (χ4n) is 3.22. The summed E-state index contributed by atoms with van der Waals surface area (Å²) in [6.45, 7) is 8.50. The highest BCUT2D eigenvalue weighted by atomic mass is 32.1. The van der Waals surface area contributed by atoms with E-state index in [-0.39, 0.29) is 0 Å². The second-order valence-electron chi connectivity index (χ2n) is 5.96. The van der Waals surface area contributed by atoms with Crippen molar-refractivity contribution >= 4 is 27.4 Å². The van der Waals surface area contributed by atoms with Gasteiger partial charge in [-0.25, -0.2) is 9.97 Å². The Balaban J connectivity index is 1.89. The molecule has 0 unspecified atom stereocenters. The first-order valence-corrected chi connectivity index (χ1v) is 8.80. The topological polar surface area (TPSA) is 41.1 Å². The van der Waals surface area contributed by atoms with Gasteiger partial charge in [-0.1, -0.05) is 6.42 Å². The van der Waals surface area contributed by atoms with Gasteiger partial charge in [-0.05, 0) is 45.1 Å². The Bertz CT molecular complexity index is 599. The minimum Gasteiger partial charge on any atom is -0.370 e. The number of hydrogen-bond acceptors (Lipinski definition) is 5. The van der Waals surface area contributed by atoms with E-state index in [0.29, 0.717) is 12.1 Å². The van der Waals surface area contributed by atoms with E-state index in [1.54, 1.807) is 11.3 Å². The molecule has 0 amide bonds. The van der Waals surface area contributed by atoms with Crippen LogP contribution in [0.5, 0.6) is 0 Å². The number of thiophene rings is 1.